The van der Waals surface area contributed by atoms with Gasteiger partial charge in [-0.2, -0.15) is 18.4 Å². The van der Waals surface area contributed by atoms with Crippen LogP contribution in [0.15, 0.2) is 23.2 Å². The Morgan fingerprint density at radius 1 is 1.27 bits per heavy atom. The maximum atomic E-state index is 14.0. The van der Waals surface area contributed by atoms with Crippen LogP contribution >= 0.6 is 24.0 Å². The van der Waals surface area contributed by atoms with Crippen molar-refractivity contribution in [3.8, 4) is 6.07 Å². The molecule has 0 saturated carbocycles. The van der Waals surface area contributed by atoms with Crippen molar-refractivity contribution >= 4 is 29.9 Å². The molecular formula is C20H28F4IN5. The molecule has 0 atom stereocenters. The number of rotatable bonds is 7. The third kappa shape index (κ3) is 9.47. The Bertz CT molecular complexity index is 725. The highest BCUT2D eigenvalue weighted by atomic mass is 127. The number of piperidine rings is 1. The molecule has 0 radical (unpaired) electrons. The van der Waals surface area contributed by atoms with Crippen LogP contribution in [0.4, 0.5) is 17.6 Å². The Morgan fingerprint density at radius 2 is 1.97 bits per heavy atom. The Kier molecular flexibility index (Phi) is 11.4. The molecule has 0 bridgehead atoms. The van der Waals surface area contributed by atoms with Crippen LogP contribution in [0.3, 0.4) is 0 Å². The average molecular weight is 541 g/mol. The van der Waals surface area contributed by atoms with Crippen LogP contribution in [-0.2, 0) is 6.54 Å². The molecule has 1 aliphatic heterocycles. The minimum absolute atomic E-state index is 0. The Hall–Kier alpha value is -1.61. The molecular weight excluding hydrogens is 513 g/mol. The zero-order chi connectivity index (χ0) is 21.3. The van der Waals surface area contributed by atoms with E-state index >= 15 is 0 Å². The summed E-state index contributed by atoms with van der Waals surface area (Å²) in [5.74, 6) is 0.478. The number of halogens is 5. The molecule has 10 heteroatoms. The van der Waals surface area contributed by atoms with Gasteiger partial charge in [0.05, 0.1) is 24.7 Å². The van der Waals surface area contributed by atoms with Crippen LogP contribution < -0.4 is 10.6 Å². The molecule has 0 unspecified atom stereocenters. The van der Waals surface area contributed by atoms with Gasteiger partial charge in [0, 0.05) is 18.7 Å². The van der Waals surface area contributed by atoms with E-state index in [1.807, 2.05) is 13.0 Å². The summed E-state index contributed by atoms with van der Waals surface area (Å²) < 4.78 is 51.3. The van der Waals surface area contributed by atoms with E-state index in [1.54, 1.807) is 12.1 Å². The van der Waals surface area contributed by atoms with Crippen molar-refractivity contribution in [2.24, 2.45) is 10.9 Å². The van der Waals surface area contributed by atoms with E-state index in [-0.39, 0.29) is 36.1 Å². The van der Waals surface area contributed by atoms with Crippen LogP contribution in [0.25, 0.3) is 0 Å². The number of nitrogens with zero attached hydrogens (tertiary/aromatic N) is 3. The SMILES string of the molecule is CCNC(=NCc1ccc(C#N)cc1F)NCCC1CCN(CC(F)(F)F)CC1.I. The second kappa shape index (κ2) is 12.9. The van der Waals surface area contributed by atoms with E-state index in [9.17, 15) is 17.6 Å². The molecule has 1 aromatic rings. The molecule has 1 aromatic carbocycles. The maximum absolute atomic E-state index is 14.0. The fourth-order valence-electron chi connectivity index (χ4n) is 3.33. The molecule has 5 nitrogen and oxygen atoms in total. The summed E-state index contributed by atoms with van der Waals surface area (Å²) in [7, 11) is 0. The first-order valence-electron chi connectivity index (χ1n) is 9.80. The van der Waals surface area contributed by atoms with E-state index in [2.05, 4.69) is 15.6 Å². The quantitative estimate of drug-likeness (QED) is 0.237. The first-order chi connectivity index (χ1) is 13.8. The number of hydrogen-bond donors (Lipinski definition) is 2. The fourth-order valence-corrected chi connectivity index (χ4v) is 3.33. The maximum Gasteiger partial charge on any atom is 0.401 e. The molecule has 1 saturated heterocycles. The lowest BCUT2D eigenvalue weighted by Crippen LogP contribution is -2.41. The van der Waals surface area contributed by atoms with Gasteiger partial charge in [-0.15, -0.1) is 24.0 Å². The number of benzene rings is 1. The van der Waals surface area contributed by atoms with Crippen LogP contribution in [0.2, 0.25) is 0 Å². The molecule has 0 spiro atoms. The van der Waals surface area contributed by atoms with Crippen molar-refractivity contribution < 1.29 is 17.6 Å². The van der Waals surface area contributed by atoms with Gasteiger partial charge in [-0.1, -0.05) is 6.07 Å². The summed E-state index contributed by atoms with van der Waals surface area (Å²) in [6, 6.07) is 6.19. The zero-order valence-corrected chi connectivity index (χ0v) is 19.3. The molecule has 0 amide bonds. The highest BCUT2D eigenvalue weighted by Gasteiger charge is 2.32. The molecule has 2 N–H and O–H groups in total. The summed E-state index contributed by atoms with van der Waals surface area (Å²) in [6.45, 7) is 3.47. The lowest BCUT2D eigenvalue weighted by molar-refractivity contribution is -0.148. The summed E-state index contributed by atoms with van der Waals surface area (Å²) in [4.78, 5) is 5.83. The predicted octanol–water partition coefficient (Wildman–Crippen LogP) is 4.03. The molecule has 0 aromatic heterocycles. The summed E-state index contributed by atoms with van der Waals surface area (Å²) >= 11 is 0. The van der Waals surface area contributed by atoms with Gasteiger partial charge in [0.15, 0.2) is 5.96 Å². The minimum atomic E-state index is -4.14. The van der Waals surface area contributed by atoms with Crippen molar-refractivity contribution in [2.45, 2.75) is 38.9 Å². The monoisotopic (exact) mass is 541 g/mol. The van der Waals surface area contributed by atoms with Gasteiger partial charge in [-0.05, 0) is 57.3 Å². The summed E-state index contributed by atoms with van der Waals surface area (Å²) in [6.07, 6.45) is -1.79. The molecule has 1 fully saturated rings. The highest BCUT2D eigenvalue weighted by Crippen LogP contribution is 2.24. The van der Waals surface area contributed by atoms with Crippen LogP contribution in [0.5, 0.6) is 0 Å². The van der Waals surface area contributed by atoms with Gasteiger partial charge in [-0.25, -0.2) is 9.38 Å². The number of guanidine groups is 1. The Morgan fingerprint density at radius 3 is 2.53 bits per heavy atom. The molecule has 1 aliphatic rings. The topological polar surface area (TPSA) is 63.5 Å². The van der Waals surface area contributed by atoms with Crippen molar-refractivity contribution in [2.75, 3.05) is 32.7 Å². The standard InChI is InChI=1S/C20H27F4N5.HI/c1-2-26-19(28-13-17-4-3-16(12-25)11-18(17)21)27-8-5-15-6-9-29(10-7-15)14-20(22,23)24;/h3-4,11,15H,2,5-10,13-14H2,1H3,(H2,26,27,28);1H. The zero-order valence-electron chi connectivity index (χ0n) is 16.9. The lowest BCUT2D eigenvalue weighted by Gasteiger charge is -2.32. The summed E-state index contributed by atoms with van der Waals surface area (Å²) in [5, 5.41) is 15.1. The van der Waals surface area contributed by atoms with E-state index in [0.717, 1.165) is 19.3 Å². The van der Waals surface area contributed by atoms with Crippen molar-refractivity contribution in [1.82, 2.24) is 15.5 Å². The van der Waals surface area contributed by atoms with Crippen LogP contribution in [-0.4, -0.2) is 49.8 Å². The number of hydrogen-bond acceptors (Lipinski definition) is 3. The van der Waals surface area contributed by atoms with Gasteiger partial charge in [-0.3, -0.25) is 4.90 Å². The minimum Gasteiger partial charge on any atom is -0.357 e. The smallest absolute Gasteiger partial charge is 0.357 e. The number of nitrogens with one attached hydrogen (secondary N) is 2. The van der Waals surface area contributed by atoms with Gasteiger partial charge in [0.1, 0.15) is 5.82 Å². The van der Waals surface area contributed by atoms with Crippen molar-refractivity contribution in [3.63, 3.8) is 0 Å². The number of aliphatic imine (C=N–C) groups is 1. The number of likely N-dealkylation sites (tertiary alicyclic amines) is 1. The van der Waals surface area contributed by atoms with Crippen molar-refractivity contribution in [3.05, 3.63) is 35.1 Å². The third-order valence-electron chi connectivity index (χ3n) is 4.89. The number of alkyl halides is 3. The first-order valence-corrected chi connectivity index (χ1v) is 9.80. The largest absolute Gasteiger partial charge is 0.401 e. The lowest BCUT2D eigenvalue weighted by atomic mass is 9.93. The van der Waals surface area contributed by atoms with Gasteiger partial charge in [0.25, 0.3) is 0 Å². The second-order valence-corrected chi connectivity index (χ2v) is 7.16. The molecule has 168 valence electrons. The van der Waals surface area contributed by atoms with Crippen LogP contribution in [0, 0.1) is 23.1 Å². The molecule has 30 heavy (non-hydrogen) atoms. The first kappa shape index (κ1) is 26.4. The Labute approximate surface area is 191 Å². The normalized spacial score (nSPS) is 15.9. The third-order valence-corrected chi connectivity index (χ3v) is 4.89. The van der Waals surface area contributed by atoms with Crippen molar-refractivity contribution in [1.29, 1.82) is 5.26 Å². The van der Waals surface area contributed by atoms with E-state index in [1.165, 1.54) is 11.0 Å². The van der Waals surface area contributed by atoms with E-state index in [0.29, 0.717) is 43.6 Å². The van der Waals surface area contributed by atoms with Gasteiger partial charge < -0.3 is 10.6 Å². The fraction of sp³-hybridized carbons (Fsp3) is 0.600. The van der Waals surface area contributed by atoms with E-state index < -0.39 is 18.5 Å². The Balaban J connectivity index is 0.00000450. The van der Waals surface area contributed by atoms with E-state index in [4.69, 9.17) is 5.26 Å². The predicted molar refractivity (Wildman–Crippen MR) is 119 cm³/mol. The number of nitriles is 1. The second-order valence-electron chi connectivity index (χ2n) is 7.16. The average Bonchev–Trinajstić information content (AvgIpc) is 2.67. The van der Waals surface area contributed by atoms with Gasteiger partial charge >= 0.3 is 6.18 Å². The molecule has 1 heterocycles. The van der Waals surface area contributed by atoms with Gasteiger partial charge in [0.2, 0.25) is 0 Å². The molecule has 0 aliphatic carbocycles. The van der Waals surface area contributed by atoms with Crippen LogP contribution in [0.1, 0.15) is 37.3 Å². The molecule has 2 rings (SSSR count). The summed E-state index contributed by atoms with van der Waals surface area (Å²) in [5.41, 5.74) is 0.666. The highest BCUT2D eigenvalue weighted by molar-refractivity contribution is 14.0.